The molecule has 2 fully saturated rings. The Morgan fingerprint density at radius 1 is 1.16 bits per heavy atom. The highest BCUT2D eigenvalue weighted by atomic mass is 15.3. The van der Waals surface area contributed by atoms with Gasteiger partial charge in [0.2, 0.25) is 5.95 Å². The van der Waals surface area contributed by atoms with Crippen molar-refractivity contribution < 1.29 is 0 Å². The van der Waals surface area contributed by atoms with Crippen LogP contribution in [0, 0.1) is 0 Å². The molecule has 0 amide bonds. The molecule has 4 rings (SSSR count). The van der Waals surface area contributed by atoms with E-state index in [1.54, 1.807) is 0 Å². The van der Waals surface area contributed by atoms with Gasteiger partial charge in [-0.05, 0) is 31.7 Å². The maximum absolute atomic E-state index is 5.95. The lowest BCUT2D eigenvalue weighted by Crippen LogP contribution is -2.40. The summed E-state index contributed by atoms with van der Waals surface area (Å²) in [7, 11) is 0. The minimum Gasteiger partial charge on any atom is -0.341 e. The largest absolute Gasteiger partial charge is 0.341 e. The van der Waals surface area contributed by atoms with Crippen LogP contribution in [0.1, 0.15) is 31.7 Å². The van der Waals surface area contributed by atoms with E-state index in [0.717, 1.165) is 42.9 Å². The van der Waals surface area contributed by atoms with Crippen LogP contribution in [0.5, 0.6) is 0 Å². The molecule has 0 bridgehead atoms. The lowest BCUT2D eigenvalue weighted by atomic mass is 10.1. The molecule has 0 radical (unpaired) electrons. The second-order valence-electron chi connectivity index (χ2n) is 5.73. The first-order valence-corrected chi connectivity index (χ1v) is 7.15. The molecule has 1 aliphatic carbocycles. The highest BCUT2D eigenvalue weighted by Gasteiger charge is 2.26. The summed E-state index contributed by atoms with van der Waals surface area (Å²) in [6, 6.07) is 3.12. The van der Waals surface area contributed by atoms with Crippen LogP contribution >= 0.6 is 0 Å². The summed E-state index contributed by atoms with van der Waals surface area (Å²) in [5.41, 5.74) is 7.04. The van der Waals surface area contributed by atoms with Gasteiger partial charge in [-0.1, -0.05) is 0 Å². The van der Waals surface area contributed by atoms with Crippen molar-refractivity contribution in [3.63, 3.8) is 0 Å². The second-order valence-corrected chi connectivity index (χ2v) is 5.73. The van der Waals surface area contributed by atoms with Gasteiger partial charge < -0.3 is 15.2 Å². The molecule has 1 saturated heterocycles. The number of rotatable bonds is 2. The lowest BCUT2D eigenvalue weighted by molar-refractivity contribution is 0.496. The molecular formula is C14H19N5. The number of hydrogen-bond donors (Lipinski definition) is 1. The van der Waals surface area contributed by atoms with E-state index in [1.807, 2.05) is 6.20 Å². The van der Waals surface area contributed by atoms with E-state index in [1.165, 1.54) is 12.8 Å². The number of nitrogens with two attached hydrogens (primary N) is 1. The standard InChI is InChI=1S/C14H19N5/c15-11-4-6-18(7-5-11)14-16-9-10-3-8-19(12-1-2-12)13(10)17-14/h3,8-9,11-12H,1-2,4-7,15H2. The van der Waals surface area contributed by atoms with Crippen LogP contribution in [0.25, 0.3) is 11.0 Å². The van der Waals surface area contributed by atoms with Crippen LogP contribution in [0.4, 0.5) is 5.95 Å². The summed E-state index contributed by atoms with van der Waals surface area (Å²) >= 11 is 0. The molecule has 5 heteroatoms. The highest BCUT2D eigenvalue weighted by molar-refractivity contribution is 5.76. The predicted molar refractivity (Wildman–Crippen MR) is 75.2 cm³/mol. The van der Waals surface area contributed by atoms with E-state index in [9.17, 15) is 0 Å². The number of anilines is 1. The van der Waals surface area contributed by atoms with Gasteiger partial charge in [-0.2, -0.15) is 4.98 Å². The fraction of sp³-hybridized carbons (Fsp3) is 0.571. The van der Waals surface area contributed by atoms with E-state index < -0.39 is 0 Å². The molecule has 2 aromatic heterocycles. The number of piperidine rings is 1. The molecule has 2 N–H and O–H groups in total. The molecular weight excluding hydrogens is 238 g/mol. The van der Waals surface area contributed by atoms with Crippen molar-refractivity contribution in [1.82, 2.24) is 14.5 Å². The van der Waals surface area contributed by atoms with Gasteiger partial charge in [0.25, 0.3) is 0 Å². The Balaban J connectivity index is 1.68. The monoisotopic (exact) mass is 257 g/mol. The Kier molecular flexibility index (Phi) is 2.48. The van der Waals surface area contributed by atoms with Crippen molar-refractivity contribution >= 4 is 17.0 Å². The third kappa shape index (κ3) is 1.98. The highest BCUT2D eigenvalue weighted by Crippen LogP contribution is 2.37. The molecule has 19 heavy (non-hydrogen) atoms. The van der Waals surface area contributed by atoms with E-state index in [0.29, 0.717) is 12.1 Å². The minimum absolute atomic E-state index is 0.343. The number of hydrogen-bond acceptors (Lipinski definition) is 4. The van der Waals surface area contributed by atoms with Gasteiger partial charge >= 0.3 is 0 Å². The molecule has 5 nitrogen and oxygen atoms in total. The Bertz CT molecular complexity index is 593. The normalized spacial score (nSPS) is 21.2. The van der Waals surface area contributed by atoms with Gasteiger partial charge in [-0.25, -0.2) is 4.98 Å². The average Bonchev–Trinajstić information content (AvgIpc) is 3.19. The third-order valence-electron chi connectivity index (χ3n) is 4.21. The van der Waals surface area contributed by atoms with Gasteiger partial charge in [-0.3, -0.25) is 0 Å². The molecule has 2 aliphatic rings. The Hall–Kier alpha value is -1.62. The summed E-state index contributed by atoms with van der Waals surface area (Å²) in [6.07, 6.45) is 8.72. The van der Waals surface area contributed by atoms with Crippen LogP contribution in [-0.2, 0) is 0 Å². The molecule has 0 spiro atoms. The van der Waals surface area contributed by atoms with Crippen LogP contribution in [-0.4, -0.2) is 33.7 Å². The molecule has 3 heterocycles. The van der Waals surface area contributed by atoms with Crippen molar-refractivity contribution in [1.29, 1.82) is 0 Å². The maximum atomic E-state index is 5.95. The zero-order valence-electron chi connectivity index (χ0n) is 11.0. The molecule has 0 unspecified atom stereocenters. The molecule has 1 aliphatic heterocycles. The van der Waals surface area contributed by atoms with Crippen molar-refractivity contribution in [3.8, 4) is 0 Å². The summed E-state index contributed by atoms with van der Waals surface area (Å²) < 4.78 is 2.30. The van der Waals surface area contributed by atoms with Crippen molar-refractivity contribution in [3.05, 3.63) is 18.5 Å². The third-order valence-corrected chi connectivity index (χ3v) is 4.21. The quantitative estimate of drug-likeness (QED) is 0.889. The molecule has 0 atom stereocenters. The molecule has 2 aromatic rings. The smallest absolute Gasteiger partial charge is 0.227 e. The lowest BCUT2D eigenvalue weighted by Gasteiger charge is -2.30. The number of fused-ring (bicyclic) bond motifs is 1. The Labute approximate surface area is 112 Å². The van der Waals surface area contributed by atoms with E-state index in [2.05, 4.69) is 26.7 Å². The zero-order chi connectivity index (χ0) is 12.8. The average molecular weight is 257 g/mol. The van der Waals surface area contributed by atoms with Crippen molar-refractivity contribution in [2.45, 2.75) is 37.8 Å². The summed E-state index contributed by atoms with van der Waals surface area (Å²) in [5, 5.41) is 1.14. The Morgan fingerprint density at radius 3 is 2.68 bits per heavy atom. The van der Waals surface area contributed by atoms with E-state index >= 15 is 0 Å². The first kappa shape index (κ1) is 11.2. The van der Waals surface area contributed by atoms with Gasteiger partial charge in [0.1, 0.15) is 5.65 Å². The van der Waals surface area contributed by atoms with Crippen LogP contribution in [0.3, 0.4) is 0 Å². The van der Waals surface area contributed by atoms with Gasteiger partial charge in [0.15, 0.2) is 0 Å². The van der Waals surface area contributed by atoms with Gasteiger partial charge in [-0.15, -0.1) is 0 Å². The first-order valence-electron chi connectivity index (χ1n) is 7.15. The van der Waals surface area contributed by atoms with Crippen LogP contribution in [0.15, 0.2) is 18.5 Å². The topological polar surface area (TPSA) is 60.0 Å². The molecule has 100 valence electrons. The first-order chi connectivity index (χ1) is 9.31. The van der Waals surface area contributed by atoms with Crippen molar-refractivity contribution in [2.24, 2.45) is 5.73 Å². The van der Waals surface area contributed by atoms with Crippen LogP contribution < -0.4 is 10.6 Å². The molecule has 1 saturated carbocycles. The predicted octanol–water partition coefficient (Wildman–Crippen LogP) is 1.69. The van der Waals surface area contributed by atoms with Crippen LogP contribution in [0.2, 0.25) is 0 Å². The summed E-state index contributed by atoms with van der Waals surface area (Å²) in [5.74, 6) is 0.861. The number of nitrogens with zero attached hydrogens (tertiary/aromatic N) is 4. The number of aromatic nitrogens is 3. The van der Waals surface area contributed by atoms with Gasteiger partial charge in [0.05, 0.1) is 0 Å². The Morgan fingerprint density at radius 2 is 1.95 bits per heavy atom. The van der Waals surface area contributed by atoms with Crippen molar-refractivity contribution in [2.75, 3.05) is 18.0 Å². The minimum atomic E-state index is 0.343. The fourth-order valence-electron chi connectivity index (χ4n) is 2.83. The molecule has 0 aromatic carbocycles. The SMILES string of the molecule is NC1CCN(c2ncc3ccn(C4CC4)c3n2)CC1. The summed E-state index contributed by atoms with van der Waals surface area (Å²) in [4.78, 5) is 11.5. The fourth-order valence-corrected chi connectivity index (χ4v) is 2.83. The summed E-state index contributed by atoms with van der Waals surface area (Å²) in [6.45, 7) is 1.94. The van der Waals surface area contributed by atoms with E-state index in [4.69, 9.17) is 10.7 Å². The second kappa shape index (κ2) is 4.20. The zero-order valence-corrected chi connectivity index (χ0v) is 11.0. The van der Waals surface area contributed by atoms with Gasteiger partial charge in [0, 0.05) is 43.0 Å². The van der Waals surface area contributed by atoms with E-state index in [-0.39, 0.29) is 0 Å². The maximum Gasteiger partial charge on any atom is 0.227 e.